The molecule has 1 saturated heterocycles. The third kappa shape index (κ3) is 4.44. The Morgan fingerprint density at radius 3 is 2.23 bits per heavy atom. The second-order valence-corrected chi connectivity index (χ2v) is 8.22. The van der Waals surface area contributed by atoms with E-state index in [-0.39, 0.29) is 5.91 Å². The van der Waals surface area contributed by atoms with Crippen LogP contribution in [0.5, 0.6) is 0 Å². The van der Waals surface area contributed by atoms with E-state index in [2.05, 4.69) is 54.9 Å². The lowest BCUT2D eigenvalue weighted by Gasteiger charge is -2.34. The van der Waals surface area contributed by atoms with Crippen molar-refractivity contribution in [1.29, 1.82) is 0 Å². The van der Waals surface area contributed by atoms with Gasteiger partial charge >= 0.3 is 0 Å². The largest absolute Gasteiger partial charge is 0.336 e. The summed E-state index contributed by atoms with van der Waals surface area (Å²) >= 11 is 0. The van der Waals surface area contributed by atoms with E-state index in [9.17, 15) is 4.79 Å². The molecular weight excluding hydrogens is 370 g/mol. The van der Waals surface area contributed by atoms with Crippen LogP contribution in [0.25, 0.3) is 11.3 Å². The maximum absolute atomic E-state index is 12.6. The average molecular weight is 400 g/mol. The van der Waals surface area contributed by atoms with Crippen LogP contribution in [0.1, 0.15) is 32.6 Å². The lowest BCUT2D eigenvalue weighted by Crippen LogP contribution is -2.48. The molecule has 0 atom stereocenters. The normalized spacial score (nSPS) is 14.7. The number of rotatable bonds is 4. The van der Waals surface area contributed by atoms with Crippen molar-refractivity contribution in [1.82, 2.24) is 14.8 Å². The predicted octanol–water partition coefficient (Wildman–Crippen LogP) is 4.63. The second-order valence-electron chi connectivity index (χ2n) is 8.22. The Bertz CT molecular complexity index is 1010. The quantitative estimate of drug-likeness (QED) is 0.642. The molecule has 154 valence electrons. The van der Waals surface area contributed by atoms with Gasteiger partial charge in [0.2, 0.25) is 0 Å². The Balaban J connectivity index is 1.40. The predicted molar refractivity (Wildman–Crippen MR) is 122 cm³/mol. The van der Waals surface area contributed by atoms with Crippen LogP contribution in [0, 0.1) is 20.8 Å². The summed E-state index contributed by atoms with van der Waals surface area (Å²) < 4.78 is 0. The number of hydrogen-bond acceptors (Lipinski definition) is 3. The molecule has 0 N–H and O–H groups in total. The molecule has 4 heteroatoms. The Labute approximate surface area is 179 Å². The van der Waals surface area contributed by atoms with Gasteiger partial charge in [0, 0.05) is 50.0 Å². The van der Waals surface area contributed by atoms with Gasteiger partial charge in [-0.05, 0) is 79.4 Å². The number of hydrogen-bond donors (Lipinski definition) is 0. The minimum atomic E-state index is 0.131. The van der Waals surface area contributed by atoms with E-state index < -0.39 is 0 Å². The fraction of sp³-hybridized carbons (Fsp3) is 0.308. The number of nitrogens with zero attached hydrogens (tertiary/aromatic N) is 3. The number of aryl methyl sites for hydroxylation is 2. The zero-order valence-corrected chi connectivity index (χ0v) is 18.1. The summed E-state index contributed by atoms with van der Waals surface area (Å²) in [5.74, 6) is 0.131. The zero-order valence-electron chi connectivity index (χ0n) is 18.1. The number of amides is 1. The molecule has 1 fully saturated rings. The molecule has 2 aromatic carbocycles. The molecular formula is C26H29N3O. The molecule has 2 heterocycles. The molecule has 3 aromatic rings. The van der Waals surface area contributed by atoms with Gasteiger partial charge in [0.05, 0.1) is 5.69 Å². The van der Waals surface area contributed by atoms with Gasteiger partial charge in [-0.3, -0.25) is 14.7 Å². The van der Waals surface area contributed by atoms with Crippen LogP contribution in [-0.4, -0.2) is 46.9 Å². The maximum Gasteiger partial charge on any atom is 0.253 e. The fourth-order valence-corrected chi connectivity index (χ4v) is 4.04. The number of pyridine rings is 1. The first-order valence-electron chi connectivity index (χ1n) is 10.6. The summed E-state index contributed by atoms with van der Waals surface area (Å²) in [7, 11) is 0. The summed E-state index contributed by atoms with van der Waals surface area (Å²) in [6, 6.07) is 18.3. The van der Waals surface area contributed by atoms with Gasteiger partial charge in [-0.15, -0.1) is 0 Å². The standard InChI is InChI=1S/C26H29N3O/c1-19-15-24(16-20(2)21(19)3)25-17-22(9-10-27-25)18-28-11-13-29(14-12-28)26(30)23-7-5-4-6-8-23/h4-10,15-17H,11-14,18H2,1-3H3. The fourth-order valence-electron chi connectivity index (χ4n) is 4.04. The molecule has 1 aliphatic rings. The zero-order chi connectivity index (χ0) is 21.1. The number of aromatic nitrogens is 1. The molecule has 4 nitrogen and oxygen atoms in total. The van der Waals surface area contributed by atoms with Crippen molar-refractivity contribution < 1.29 is 4.79 Å². The number of carbonyl (C=O) groups is 1. The molecule has 0 unspecified atom stereocenters. The number of benzene rings is 2. The van der Waals surface area contributed by atoms with Crippen LogP contribution >= 0.6 is 0 Å². The van der Waals surface area contributed by atoms with Crippen molar-refractivity contribution in [3.63, 3.8) is 0 Å². The van der Waals surface area contributed by atoms with Crippen molar-refractivity contribution in [2.75, 3.05) is 26.2 Å². The smallest absolute Gasteiger partial charge is 0.253 e. The highest BCUT2D eigenvalue weighted by Gasteiger charge is 2.22. The van der Waals surface area contributed by atoms with Crippen LogP contribution < -0.4 is 0 Å². The van der Waals surface area contributed by atoms with Crippen molar-refractivity contribution in [2.45, 2.75) is 27.3 Å². The molecule has 0 radical (unpaired) electrons. The van der Waals surface area contributed by atoms with E-state index in [0.29, 0.717) is 0 Å². The summed E-state index contributed by atoms with van der Waals surface area (Å²) in [5.41, 5.74) is 8.19. The first kappa shape index (κ1) is 20.3. The van der Waals surface area contributed by atoms with Gasteiger partial charge in [0.15, 0.2) is 0 Å². The highest BCUT2D eigenvalue weighted by molar-refractivity contribution is 5.94. The van der Waals surface area contributed by atoms with Crippen molar-refractivity contribution in [3.8, 4) is 11.3 Å². The molecule has 0 saturated carbocycles. The summed E-state index contributed by atoms with van der Waals surface area (Å²) in [4.78, 5) is 21.6. The van der Waals surface area contributed by atoms with Crippen LogP contribution in [0.3, 0.4) is 0 Å². The minimum Gasteiger partial charge on any atom is -0.336 e. The van der Waals surface area contributed by atoms with Gasteiger partial charge < -0.3 is 4.90 Å². The maximum atomic E-state index is 12.6. The van der Waals surface area contributed by atoms with E-state index in [0.717, 1.165) is 44.0 Å². The lowest BCUT2D eigenvalue weighted by molar-refractivity contribution is 0.0628. The number of carbonyl (C=O) groups excluding carboxylic acids is 1. The van der Waals surface area contributed by atoms with E-state index in [1.807, 2.05) is 41.4 Å². The van der Waals surface area contributed by atoms with Crippen LogP contribution in [0.2, 0.25) is 0 Å². The van der Waals surface area contributed by atoms with Crippen molar-refractivity contribution >= 4 is 5.91 Å². The Kier molecular flexibility index (Phi) is 5.96. The van der Waals surface area contributed by atoms with E-state index in [1.54, 1.807) is 0 Å². The van der Waals surface area contributed by atoms with E-state index in [1.165, 1.54) is 27.8 Å². The number of piperazine rings is 1. The van der Waals surface area contributed by atoms with Crippen LogP contribution in [-0.2, 0) is 6.54 Å². The monoisotopic (exact) mass is 399 g/mol. The van der Waals surface area contributed by atoms with Crippen molar-refractivity contribution in [3.05, 3.63) is 88.6 Å². The molecule has 30 heavy (non-hydrogen) atoms. The average Bonchev–Trinajstić information content (AvgIpc) is 2.78. The third-order valence-corrected chi connectivity index (χ3v) is 6.13. The first-order chi connectivity index (χ1) is 14.5. The van der Waals surface area contributed by atoms with Crippen molar-refractivity contribution in [2.24, 2.45) is 0 Å². The topological polar surface area (TPSA) is 36.4 Å². The van der Waals surface area contributed by atoms with Gasteiger partial charge in [0.25, 0.3) is 5.91 Å². The molecule has 1 aromatic heterocycles. The Morgan fingerprint density at radius 2 is 1.57 bits per heavy atom. The first-order valence-corrected chi connectivity index (χ1v) is 10.6. The molecule has 0 bridgehead atoms. The molecule has 0 spiro atoms. The Morgan fingerprint density at radius 1 is 0.900 bits per heavy atom. The third-order valence-electron chi connectivity index (χ3n) is 6.13. The molecule has 1 aliphatic heterocycles. The SMILES string of the molecule is Cc1cc(-c2cc(CN3CCN(C(=O)c4ccccc4)CC3)ccn2)cc(C)c1C. The summed E-state index contributed by atoms with van der Waals surface area (Å²) in [6.45, 7) is 10.7. The van der Waals surface area contributed by atoms with Gasteiger partial charge in [0.1, 0.15) is 0 Å². The lowest BCUT2D eigenvalue weighted by atomic mass is 9.98. The molecule has 4 rings (SSSR count). The second kappa shape index (κ2) is 8.80. The summed E-state index contributed by atoms with van der Waals surface area (Å²) in [6.07, 6.45) is 1.91. The van der Waals surface area contributed by atoms with Crippen LogP contribution in [0.4, 0.5) is 0 Å². The van der Waals surface area contributed by atoms with E-state index >= 15 is 0 Å². The Hall–Kier alpha value is -2.98. The molecule has 1 amide bonds. The van der Waals surface area contributed by atoms with Gasteiger partial charge in [-0.25, -0.2) is 0 Å². The van der Waals surface area contributed by atoms with Crippen LogP contribution in [0.15, 0.2) is 60.8 Å². The highest BCUT2D eigenvalue weighted by Crippen LogP contribution is 2.24. The minimum absolute atomic E-state index is 0.131. The van der Waals surface area contributed by atoms with Gasteiger partial charge in [-0.1, -0.05) is 18.2 Å². The summed E-state index contributed by atoms with van der Waals surface area (Å²) in [5, 5.41) is 0. The van der Waals surface area contributed by atoms with Gasteiger partial charge in [-0.2, -0.15) is 0 Å². The van der Waals surface area contributed by atoms with E-state index in [4.69, 9.17) is 0 Å². The molecule has 0 aliphatic carbocycles. The highest BCUT2D eigenvalue weighted by atomic mass is 16.2.